The topological polar surface area (TPSA) is 55.3 Å². The number of nitrogens with zero attached hydrogens (tertiary/aromatic N) is 3. The number of hydrogen-bond acceptors (Lipinski definition) is 4. The molecular weight excluding hydrogens is 400 g/mol. The summed E-state index contributed by atoms with van der Waals surface area (Å²) in [5, 5.41) is 0. The van der Waals surface area contributed by atoms with Crippen molar-refractivity contribution in [1.82, 2.24) is 14.9 Å². The Kier molecular flexibility index (Phi) is 5.24. The summed E-state index contributed by atoms with van der Waals surface area (Å²) in [6.07, 6.45) is 4.22. The zero-order chi connectivity index (χ0) is 21.5. The van der Waals surface area contributed by atoms with Gasteiger partial charge in [-0.2, -0.15) is 0 Å². The van der Waals surface area contributed by atoms with Gasteiger partial charge < -0.3 is 9.64 Å². The summed E-state index contributed by atoms with van der Waals surface area (Å²) in [6.45, 7) is 1.75. The first-order valence-electron chi connectivity index (χ1n) is 11.2. The molecule has 0 N–H and O–H groups in total. The molecule has 0 atom stereocenters. The first-order valence-corrected chi connectivity index (χ1v) is 11.2. The van der Waals surface area contributed by atoms with E-state index in [2.05, 4.69) is 4.98 Å². The highest BCUT2D eigenvalue weighted by Gasteiger charge is 2.45. The lowest BCUT2D eigenvalue weighted by Crippen LogP contribution is -2.50. The summed E-state index contributed by atoms with van der Waals surface area (Å²) in [5.41, 5.74) is 2.51. The van der Waals surface area contributed by atoms with Gasteiger partial charge in [0.25, 0.3) is 0 Å². The normalized spacial score (nSPS) is 22.8. The van der Waals surface area contributed by atoms with Crippen molar-refractivity contribution in [3.05, 3.63) is 47.8 Å². The van der Waals surface area contributed by atoms with Gasteiger partial charge in [-0.25, -0.2) is 18.7 Å². The first kappa shape index (κ1) is 20.5. The minimum Gasteiger partial charge on any atom is -0.368 e. The molecular formula is C24H27F2N3O2. The Morgan fingerprint density at radius 1 is 1.06 bits per heavy atom. The number of likely N-dealkylation sites (tertiary alicyclic amines) is 1. The minimum atomic E-state index is -2.61. The van der Waals surface area contributed by atoms with Gasteiger partial charge in [-0.05, 0) is 37.7 Å². The summed E-state index contributed by atoms with van der Waals surface area (Å²) in [4.78, 5) is 24.3. The van der Waals surface area contributed by atoms with Crippen LogP contribution in [0.2, 0.25) is 0 Å². The molecule has 2 aliphatic heterocycles. The lowest BCUT2D eigenvalue weighted by atomic mass is 9.81. The molecule has 3 heterocycles. The largest absolute Gasteiger partial charge is 0.368 e. The number of piperidine rings is 1. The van der Waals surface area contributed by atoms with E-state index < -0.39 is 11.5 Å². The van der Waals surface area contributed by atoms with Crippen molar-refractivity contribution < 1.29 is 18.3 Å². The van der Waals surface area contributed by atoms with E-state index in [1.54, 1.807) is 0 Å². The molecule has 1 aromatic heterocycles. The van der Waals surface area contributed by atoms with Crippen molar-refractivity contribution in [2.75, 3.05) is 19.7 Å². The number of rotatable bonds is 2. The molecule has 1 amide bonds. The maximum Gasteiger partial charge on any atom is 0.248 e. The SMILES string of the molecule is O=C(C1CCC(F)(F)CC1)N1CCC2(CC1)OCCc1cnc(-c3ccccc3)nc12. The van der Waals surface area contributed by atoms with Gasteiger partial charge in [-0.1, -0.05) is 30.3 Å². The van der Waals surface area contributed by atoms with Gasteiger partial charge in [0.05, 0.1) is 12.3 Å². The maximum atomic E-state index is 13.5. The van der Waals surface area contributed by atoms with Crippen LogP contribution in [0.25, 0.3) is 11.4 Å². The number of aromatic nitrogens is 2. The average Bonchev–Trinajstić information content (AvgIpc) is 2.80. The van der Waals surface area contributed by atoms with Crippen LogP contribution in [0.1, 0.15) is 49.8 Å². The van der Waals surface area contributed by atoms with Crippen molar-refractivity contribution >= 4 is 5.91 Å². The summed E-state index contributed by atoms with van der Waals surface area (Å²) >= 11 is 0. The second kappa shape index (κ2) is 7.93. The highest BCUT2D eigenvalue weighted by molar-refractivity contribution is 5.79. The lowest BCUT2D eigenvalue weighted by Gasteiger charge is -2.45. The maximum absolute atomic E-state index is 13.5. The Hall–Kier alpha value is -2.41. The average molecular weight is 427 g/mol. The fraction of sp³-hybridized carbons (Fsp3) is 0.542. The van der Waals surface area contributed by atoms with Crippen LogP contribution >= 0.6 is 0 Å². The molecule has 1 aliphatic carbocycles. The predicted molar refractivity (Wildman–Crippen MR) is 112 cm³/mol. The van der Waals surface area contributed by atoms with E-state index in [1.165, 1.54) is 0 Å². The van der Waals surface area contributed by atoms with Crippen LogP contribution in [-0.4, -0.2) is 46.4 Å². The third-order valence-electron chi connectivity index (χ3n) is 7.03. The van der Waals surface area contributed by atoms with Crippen LogP contribution in [0.5, 0.6) is 0 Å². The predicted octanol–water partition coefficient (Wildman–Crippen LogP) is 4.36. The molecule has 3 aliphatic rings. The second-order valence-electron chi connectivity index (χ2n) is 8.98. The second-order valence-corrected chi connectivity index (χ2v) is 8.98. The van der Waals surface area contributed by atoms with Crippen LogP contribution < -0.4 is 0 Å². The number of halogens is 2. The zero-order valence-corrected chi connectivity index (χ0v) is 17.5. The number of ether oxygens (including phenoxy) is 1. The van der Waals surface area contributed by atoms with Crippen molar-refractivity contribution in [2.24, 2.45) is 5.92 Å². The molecule has 7 heteroatoms. The molecule has 0 bridgehead atoms. The molecule has 5 rings (SSSR count). The molecule has 31 heavy (non-hydrogen) atoms. The summed E-state index contributed by atoms with van der Waals surface area (Å²) in [6, 6.07) is 9.89. The monoisotopic (exact) mass is 427 g/mol. The van der Waals surface area contributed by atoms with E-state index in [1.807, 2.05) is 41.4 Å². The molecule has 1 spiro atoms. The molecule has 1 aromatic carbocycles. The van der Waals surface area contributed by atoms with Crippen LogP contribution in [0.4, 0.5) is 8.78 Å². The molecule has 2 aromatic rings. The van der Waals surface area contributed by atoms with Crippen molar-refractivity contribution in [3.63, 3.8) is 0 Å². The fourth-order valence-electron chi connectivity index (χ4n) is 5.15. The van der Waals surface area contributed by atoms with Crippen LogP contribution in [0, 0.1) is 5.92 Å². The molecule has 5 nitrogen and oxygen atoms in total. The molecule has 0 radical (unpaired) electrons. The smallest absolute Gasteiger partial charge is 0.248 e. The molecule has 2 fully saturated rings. The highest BCUT2D eigenvalue weighted by atomic mass is 19.3. The number of carbonyl (C=O) groups excluding carboxylic acids is 1. The van der Waals surface area contributed by atoms with Crippen LogP contribution in [-0.2, 0) is 21.6 Å². The number of fused-ring (bicyclic) bond motifs is 2. The number of alkyl halides is 2. The Morgan fingerprint density at radius 3 is 2.48 bits per heavy atom. The molecule has 0 unspecified atom stereocenters. The number of carbonyl (C=O) groups is 1. The summed E-state index contributed by atoms with van der Waals surface area (Å²) < 4.78 is 33.2. The molecule has 1 saturated carbocycles. The minimum absolute atomic E-state index is 0.0223. The molecule has 164 valence electrons. The third kappa shape index (κ3) is 3.95. The third-order valence-corrected chi connectivity index (χ3v) is 7.03. The van der Waals surface area contributed by atoms with E-state index in [0.717, 1.165) is 23.2 Å². The lowest BCUT2D eigenvalue weighted by molar-refractivity contribution is -0.148. The van der Waals surface area contributed by atoms with Gasteiger partial charge in [0.1, 0.15) is 5.60 Å². The van der Waals surface area contributed by atoms with Gasteiger partial charge in [-0.15, -0.1) is 0 Å². The molecule has 1 saturated heterocycles. The quantitative estimate of drug-likeness (QED) is 0.715. The van der Waals surface area contributed by atoms with Crippen molar-refractivity contribution in [3.8, 4) is 11.4 Å². The van der Waals surface area contributed by atoms with Gasteiger partial charge >= 0.3 is 0 Å². The Bertz CT molecular complexity index is 949. The summed E-state index contributed by atoms with van der Waals surface area (Å²) in [5.74, 6) is -2.18. The first-order chi connectivity index (χ1) is 15.0. The van der Waals surface area contributed by atoms with Gasteiger partial charge in [0.2, 0.25) is 11.8 Å². The number of amides is 1. The van der Waals surface area contributed by atoms with E-state index >= 15 is 0 Å². The zero-order valence-electron chi connectivity index (χ0n) is 17.5. The number of hydrogen-bond donors (Lipinski definition) is 0. The Labute approximate surface area is 180 Å². The van der Waals surface area contributed by atoms with E-state index in [4.69, 9.17) is 9.72 Å². The van der Waals surface area contributed by atoms with E-state index in [-0.39, 0.29) is 37.5 Å². The van der Waals surface area contributed by atoms with Crippen LogP contribution in [0.3, 0.4) is 0 Å². The van der Waals surface area contributed by atoms with Gasteiger partial charge in [0.15, 0.2) is 5.82 Å². The highest BCUT2D eigenvalue weighted by Crippen LogP contribution is 2.42. The number of benzene rings is 1. The fourth-order valence-corrected chi connectivity index (χ4v) is 5.15. The Balaban J connectivity index is 1.32. The van der Waals surface area contributed by atoms with E-state index in [0.29, 0.717) is 38.4 Å². The van der Waals surface area contributed by atoms with Gasteiger partial charge in [0, 0.05) is 43.6 Å². The van der Waals surface area contributed by atoms with E-state index in [9.17, 15) is 13.6 Å². The van der Waals surface area contributed by atoms with Crippen molar-refractivity contribution in [2.45, 2.75) is 56.5 Å². The van der Waals surface area contributed by atoms with Crippen molar-refractivity contribution in [1.29, 1.82) is 0 Å². The summed E-state index contributed by atoms with van der Waals surface area (Å²) in [7, 11) is 0. The standard InChI is InChI=1S/C24H27F2N3O2/c25-24(26)9-6-18(7-10-24)22(30)29-13-11-23(12-14-29)20-19(8-15-31-23)16-27-21(28-20)17-4-2-1-3-5-17/h1-5,16,18H,6-15H2. The Morgan fingerprint density at radius 2 is 1.77 bits per heavy atom. The van der Waals surface area contributed by atoms with Gasteiger partial charge in [-0.3, -0.25) is 4.79 Å². The van der Waals surface area contributed by atoms with Crippen LogP contribution in [0.15, 0.2) is 36.5 Å².